The zero-order valence-electron chi connectivity index (χ0n) is 11.5. The Balaban J connectivity index is 2.70. The zero-order chi connectivity index (χ0) is 12.7. The Morgan fingerprint density at radius 3 is 2.41 bits per heavy atom. The summed E-state index contributed by atoms with van der Waals surface area (Å²) in [6.45, 7) is 7.48. The van der Waals surface area contributed by atoms with Gasteiger partial charge < -0.3 is 10.1 Å². The molecule has 2 nitrogen and oxygen atoms in total. The molecule has 1 N–H and O–H groups in total. The second-order valence-electron chi connectivity index (χ2n) is 4.70. The van der Waals surface area contributed by atoms with E-state index in [9.17, 15) is 0 Å². The highest BCUT2D eigenvalue weighted by atomic mass is 16.5. The van der Waals surface area contributed by atoms with Crippen molar-refractivity contribution in [2.45, 2.75) is 45.8 Å². The molecule has 0 spiro atoms. The molecule has 0 aromatic heterocycles. The maximum atomic E-state index is 5.37. The van der Waals surface area contributed by atoms with Gasteiger partial charge in [0.25, 0.3) is 0 Å². The van der Waals surface area contributed by atoms with Crippen LogP contribution in [0.5, 0.6) is 0 Å². The summed E-state index contributed by atoms with van der Waals surface area (Å²) in [6, 6.07) is 9.17. The highest BCUT2D eigenvalue weighted by Gasteiger charge is 2.14. The predicted molar refractivity (Wildman–Crippen MR) is 73.3 cm³/mol. The number of nitrogens with one attached hydrogen (secondary N) is 1. The van der Waals surface area contributed by atoms with Crippen molar-refractivity contribution < 1.29 is 4.74 Å². The van der Waals surface area contributed by atoms with Crippen LogP contribution in [0.4, 0.5) is 0 Å². The van der Waals surface area contributed by atoms with E-state index in [0.29, 0.717) is 6.04 Å². The molecule has 0 saturated heterocycles. The molecule has 17 heavy (non-hydrogen) atoms. The molecule has 0 saturated carbocycles. The van der Waals surface area contributed by atoms with Gasteiger partial charge in [-0.05, 0) is 38.8 Å². The second-order valence-corrected chi connectivity index (χ2v) is 4.70. The maximum absolute atomic E-state index is 5.37. The number of rotatable bonds is 7. The fourth-order valence-electron chi connectivity index (χ4n) is 1.88. The van der Waals surface area contributed by atoms with E-state index in [1.807, 2.05) is 0 Å². The quantitative estimate of drug-likeness (QED) is 0.781. The van der Waals surface area contributed by atoms with Gasteiger partial charge in [-0.2, -0.15) is 0 Å². The van der Waals surface area contributed by atoms with Crippen LogP contribution in [0.3, 0.4) is 0 Å². The van der Waals surface area contributed by atoms with Crippen LogP contribution in [0.2, 0.25) is 0 Å². The van der Waals surface area contributed by atoms with Gasteiger partial charge in [-0.3, -0.25) is 0 Å². The molecular formula is C15H25NO. The summed E-state index contributed by atoms with van der Waals surface area (Å²) in [4.78, 5) is 0. The lowest BCUT2D eigenvalue weighted by atomic mass is 10.00. The van der Waals surface area contributed by atoms with E-state index < -0.39 is 0 Å². The monoisotopic (exact) mass is 235 g/mol. The van der Waals surface area contributed by atoms with Crippen LogP contribution in [0.1, 0.15) is 43.9 Å². The predicted octanol–water partition coefficient (Wildman–Crippen LogP) is 3.46. The Morgan fingerprint density at radius 1 is 1.24 bits per heavy atom. The Hall–Kier alpha value is -0.860. The molecule has 96 valence electrons. The maximum Gasteiger partial charge on any atom is 0.0561 e. The molecule has 1 aromatic rings. The van der Waals surface area contributed by atoms with Crippen LogP contribution in [-0.2, 0) is 4.74 Å². The number of methoxy groups -OCH3 is 1. The van der Waals surface area contributed by atoms with E-state index in [2.05, 4.69) is 50.4 Å². The van der Waals surface area contributed by atoms with Crippen molar-refractivity contribution >= 4 is 0 Å². The van der Waals surface area contributed by atoms with Crippen molar-refractivity contribution in [2.75, 3.05) is 13.7 Å². The average Bonchev–Trinajstić information content (AvgIpc) is 2.35. The van der Waals surface area contributed by atoms with E-state index in [0.717, 1.165) is 19.4 Å². The van der Waals surface area contributed by atoms with E-state index >= 15 is 0 Å². The molecule has 2 heteroatoms. The van der Waals surface area contributed by atoms with Crippen molar-refractivity contribution in [3.8, 4) is 0 Å². The molecular weight excluding hydrogens is 210 g/mol. The lowest BCUT2D eigenvalue weighted by Crippen LogP contribution is -2.26. The number of benzene rings is 1. The van der Waals surface area contributed by atoms with Gasteiger partial charge in [0.05, 0.1) is 6.10 Å². The fraction of sp³-hybridized carbons (Fsp3) is 0.600. The highest BCUT2D eigenvalue weighted by molar-refractivity contribution is 5.24. The lowest BCUT2D eigenvalue weighted by Gasteiger charge is -2.22. The zero-order valence-corrected chi connectivity index (χ0v) is 11.5. The number of hydrogen-bond donors (Lipinski definition) is 1. The van der Waals surface area contributed by atoms with Crippen molar-refractivity contribution in [3.63, 3.8) is 0 Å². The molecule has 0 aliphatic rings. The average molecular weight is 235 g/mol. The minimum atomic E-state index is 0.283. The Morgan fingerprint density at radius 2 is 1.88 bits per heavy atom. The van der Waals surface area contributed by atoms with E-state index in [1.54, 1.807) is 7.11 Å². The lowest BCUT2D eigenvalue weighted by molar-refractivity contribution is 0.100. The van der Waals surface area contributed by atoms with Gasteiger partial charge in [0.15, 0.2) is 0 Å². The van der Waals surface area contributed by atoms with Crippen molar-refractivity contribution in [2.24, 2.45) is 0 Å². The molecule has 0 aliphatic heterocycles. The summed E-state index contributed by atoms with van der Waals surface area (Å²) >= 11 is 0. The molecule has 0 heterocycles. The summed E-state index contributed by atoms with van der Waals surface area (Å²) in [5, 5.41) is 3.59. The van der Waals surface area contributed by atoms with Crippen molar-refractivity contribution in [1.29, 1.82) is 0 Å². The standard InChI is InChI=1S/C15H25NO/c1-5-10-16-15(11-13(3)17-4)14-8-6-12(2)7-9-14/h6-9,13,15-16H,5,10-11H2,1-4H3. The summed E-state index contributed by atoms with van der Waals surface area (Å²) in [7, 11) is 1.77. The van der Waals surface area contributed by atoms with Crippen molar-refractivity contribution in [3.05, 3.63) is 35.4 Å². The van der Waals surface area contributed by atoms with Gasteiger partial charge in [0, 0.05) is 13.2 Å². The molecule has 0 bridgehead atoms. The number of ether oxygens (including phenoxy) is 1. The van der Waals surface area contributed by atoms with Crippen LogP contribution >= 0.6 is 0 Å². The highest BCUT2D eigenvalue weighted by Crippen LogP contribution is 2.20. The smallest absolute Gasteiger partial charge is 0.0561 e. The minimum absolute atomic E-state index is 0.283. The summed E-state index contributed by atoms with van der Waals surface area (Å²) < 4.78 is 5.37. The van der Waals surface area contributed by atoms with E-state index in [1.165, 1.54) is 11.1 Å². The Bertz CT molecular complexity index is 307. The molecule has 1 rings (SSSR count). The Labute approximate surface area is 105 Å². The largest absolute Gasteiger partial charge is 0.382 e. The molecule has 0 radical (unpaired) electrons. The topological polar surface area (TPSA) is 21.3 Å². The van der Waals surface area contributed by atoms with Gasteiger partial charge in [0.2, 0.25) is 0 Å². The third kappa shape index (κ3) is 4.88. The van der Waals surface area contributed by atoms with Gasteiger partial charge in [-0.15, -0.1) is 0 Å². The van der Waals surface area contributed by atoms with Crippen LogP contribution in [0.25, 0.3) is 0 Å². The first kappa shape index (κ1) is 14.2. The van der Waals surface area contributed by atoms with Crippen molar-refractivity contribution in [1.82, 2.24) is 5.32 Å². The summed E-state index contributed by atoms with van der Waals surface area (Å²) in [6.07, 6.45) is 2.45. The summed E-state index contributed by atoms with van der Waals surface area (Å²) in [5.74, 6) is 0. The number of aryl methyl sites for hydroxylation is 1. The van der Waals surface area contributed by atoms with Crippen LogP contribution < -0.4 is 5.32 Å². The van der Waals surface area contributed by atoms with Gasteiger partial charge in [-0.1, -0.05) is 36.8 Å². The molecule has 0 amide bonds. The molecule has 0 fully saturated rings. The normalized spacial score (nSPS) is 14.6. The van der Waals surface area contributed by atoms with E-state index in [4.69, 9.17) is 4.74 Å². The third-order valence-corrected chi connectivity index (χ3v) is 3.09. The van der Waals surface area contributed by atoms with Crippen LogP contribution in [0.15, 0.2) is 24.3 Å². The molecule has 0 aliphatic carbocycles. The van der Waals surface area contributed by atoms with E-state index in [-0.39, 0.29) is 6.10 Å². The molecule has 2 unspecified atom stereocenters. The Kier molecular flexibility index (Phi) is 6.23. The van der Waals surface area contributed by atoms with Gasteiger partial charge in [-0.25, -0.2) is 0 Å². The van der Waals surface area contributed by atoms with Gasteiger partial charge >= 0.3 is 0 Å². The first-order valence-corrected chi connectivity index (χ1v) is 6.50. The molecule has 1 aromatic carbocycles. The van der Waals surface area contributed by atoms with Gasteiger partial charge in [0.1, 0.15) is 0 Å². The number of hydrogen-bond acceptors (Lipinski definition) is 2. The third-order valence-electron chi connectivity index (χ3n) is 3.09. The minimum Gasteiger partial charge on any atom is -0.382 e. The first-order chi connectivity index (χ1) is 8.17. The van der Waals surface area contributed by atoms with Crippen LogP contribution in [-0.4, -0.2) is 19.8 Å². The summed E-state index contributed by atoms with van der Waals surface area (Å²) in [5.41, 5.74) is 2.66. The molecule has 2 atom stereocenters. The second kappa shape index (κ2) is 7.46. The first-order valence-electron chi connectivity index (χ1n) is 6.50. The SMILES string of the molecule is CCCNC(CC(C)OC)c1ccc(C)cc1. The fourth-order valence-corrected chi connectivity index (χ4v) is 1.88. The van der Waals surface area contributed by atoms with Crippen LogP contribution in [0, 0.1) is 6.92 Å².